The van der Waals surface area contributed by atoms with E-state index in [4.69, 9.17) is 0 Å². The number of nitrogens with zero attached hydrogens (tertiary/aromatic N) is 1. The highest BCUT2D eigenvalue weighted by molar-refractivity contribution is 7.94. The van der Waals surface area contributed by atoms with Gasteiger partial charge in [-0.15, -0.1) is 4.31 Å². The number of hydrazine groups is 1. The normalized spacial score (nSPS) is 48.1. The Balaban J connectivity index is 1.24. The zero-order valence-corrected chi connectivity index (χ0v) is 20.2. The van der Waals surface area contributed by atoms with E-state index in [2.05, 4.69) is 21.5 Å². The number of hydrogen-bond donors (Lipinski definition) is 4. The van der Waals surface area contributed by atoms with Crippen LogP contribution in [0, 0.1) is 29.6 Å². The highest BCUT2D eigenvalue weighted by Gasteiger charge is 2.51. The van der Waals surface area contributed by atoms with Crippen LogP contribution in [0.1, 0.15) is 57.8 Å². The summed E-state index contributed by atoms with van der Waals surface area (Å²) in [7, 11) is -1.34. The number of piperidine rings is 2. The third-order valence-electron chi connectivity index (χ3n) is 9.64. The quantitative estimate of drug-likeness (QED) is 0.482. The number of hydrogen-bond acceptors (Lipinski definition) is 6. The van der Waals surface area contributed by atoms with Gasteiger partial charge < -0.3 is 15.2 Å². The average Bonchev–Trinajstić information content (AvgIpc) is 3.23. The van der Waals surface area contributed by atoms with Crippen LogP contribution in [0.2, 0.25) is 0 Å². The van der Waals surface area contributed by atoms with Crippen molar-refractivity contribution in [2.24, 2.45) is 29.6 Å². The monoisotopic (exact) mass is 453 g/mol. The Labute approximate surface area is 189 Å². The van der Waals surface area contributed by atoms with E-state index in [1.165, 1.54) is 51.4 Å². The molecule has 8 heteroatoms. The van der Waals surface area contributed by atoms with Crippen LogP contribution < -0.4 is 21.5 Å². The molecule has 5 fully saturated rings. The average molecular weight is 454 g/mol. The molecule has 3 saturated heterocycles. The summed E-state index contributed by atoms with van der Waals surface area (Å²) in [6.45, 7) is 3.51. The molecular formula is C23H43N5O2S. The molecule has 0 aromatic rings. The molecule has 2 aliphatic carbocycles. The molecule has 0 amide bonds. The summed E-state index contributed by atoms with van der Waals surface area (Å²) in [6.07, 6.45) is 12.5. The van der Waals surface area contributed by atoms with Crippen molar-refractivity contribution in [3.63, 3.8) is 0 Å². The van der Waals surface area contributed by atoms with Crippen LogP contribution in [-0.2, 0) is 14.6 Å². The molecule has 2 saturated carbocycles. The summed E-state index contributed by atoms with van der Waals surface area (Å²) in [6, 6.07) is 1.93. The highest BCUT2D eigenvalue weighted by atomic mass is 32.3. The summed E-state index contributed by atoms with van der Waals surface area (Å²) in [5, 5.41) is 7.53. The topological polar surface area (TPSA) is 91.5 Å². The first-order chi connectivity index (χ1) is 14.9. The van der Waals surface area contributed by atoms with E-state index in [1.54, 1.807) is 11.4 Å². The smallest absolute Gasteiger partial charge is 0.122 e. The van der Waals surface area contributed by atoms with E-state index >= 15 is 0 Å². The van der Waals surface area contributed by atoms with Crippen LogP contribution in [0.3, 0.4) is 0 Å². The fraction of sp³-hybridized carbons (Fsp3) is 1.00. The molecule has 5 rings (SSSR count). The van der Waals surface area contributed by atoms with Gasteiger partial charge in [0.25, 0.3) is 0 Å². The first-order valence-corrected chi connectivity index (χ1v) is 14.6. The molecule has 0 aromatic carbocycles. The zero-order valence-electron chi connectivity index (χ0n) is 19.4. The summed E-state index contributed by atoms with van der Waals surface area (Å²) in [4.78, 5) is 0. The molecule has 3 heterocycles. The predicted molar refractivity (Wildman–Crippen MR) is 124 cm³/mol. The van der Waals surface area contributed by atoms with Gasteiger partial charge in [0.1, 0.15) is 16.7 Å². The molecule has 0 radical (unpaired) electrons. The van der Waals surface area contributed by atoms with Crippen LogP contribution in [-0.4, -0.2) is 66.0 Å². The third-order valence-corrected chi connectivity index (χ3v) is 11.0. The third kappa shape index (κ3) is 4.63. The highest BCUT2D eigenvalue weighted by Crippen LogP contribution is 2.46. The lowest BCUT2D eigenvalue weighted by atomic mass is 9.61. The van der Waals surface area contributed by atoms with Crippen LogP contribution >= 0.6 is 0 Å². The molecule has 3 aliphatic heterocycles. The van der Waals surface area contributed by atoms with Gasteiger partial charge in [-0.25, -0.2) is 0 Å². The van der Waals surface area contributed by atoms with Crippen molar-refractivity contribution < 1.29 is 8.76 Å². The molecule has 0 spiro atoms. The number of fused-ring (bicyclic) bond motifs is 3. The van der Waals surface area contributed by atoms with Gasteiger partial charge >= 0.3 is 0 Å². The van der Waals surface area contributed by atoms with E-state index in [0.717, 1.165) is 50.0 Å². The van der Waals surface area contributed by atoms with Gasteiger partial charge in [-0.2, -0.15) is 0 Å². The van der Waals surface area contributed by atoms with Crippen molar-refractivity contribution in [1.29, 1.82) is 0 Å². The van der Waals surface area contributed by atoms with Crippen LogP contribution in [0.25, 0.3) is 0 Å². The maximum Gasteiger partial charge on any atom is 0.122 e. The van der Waals surface area contributed by atoms with Crippen molar-refractivity contribution >= 4 is 10.4 Å². The van der Waals surface area contributed by atoms with Crippen molar-refractivity contribution in [1.82, 2.24) is 25.8 Å². The summed E-state index contributed by atoms with van der Waals surface area (Å²) in [5.41, 5.74) is 7.40. The second-order valence-electron chi connectivity index (χ2n) is 11.2. The fourth-order valence-corrected chi connectivity index (χ4v) is 8.58. The summed E-state index contributed by atoms with van der Waals surface area (Å²) < 4.78 is 25.5. The Morgan fingerprint density at radius 3 is 2.39 bits per heavy atom. The van der Waals surface area contributed by atoms with E-state index in [0.29, 0.717) is 30.0 Å². The van der Waals surface area contributed by atoms with Crippen molar-refractivity contribution in [3.05, 3.63) is 0 Å². The lowest BCUT2D eigenvalue weighted by Gasteiger charge is -2.50. The molecule has 31 heavy (non-hydrogen) atoms. The summed E-state index contributed by atoms with van der Waals surface area (Å²) in [5.74, 6) is 3.89. The first kappa shape index (κ1) is 22.7. The molecule has 8 unspecified atom stereocenters. The molecule has 0 aromatic heterocycles. The molecule has 7 nitrogen and oxygen atoms in total. The van der Waals surface area contributed by atoms with Crippen molar-refractivity contribution in [2.45, 2.75) is 82.0 Å². The van der Waals surface area contributed by atoms with Gasteiger partial charge in [0.05, 0.1) is 6.04 Å². The SMILES string of the molecule is CN(C1CCC(C2NNC3CNC4CCC(C5CCCNC5)CC4C32)CC1)[S+](C)(=O)[O-]. The predicted octanol–water partition coefficient (Wildman–Crippen LogP) is 1.50. The minimum absolute atomic E-state index is 0.176. The second-order valence-corrected chi connectivity index (χ2v) is 13.2. The van der Waals surface area contributed by atoms with Crippen LogP contribution in [0.5, 0.6) is 0 Å². The number of nitrogens with one attached hydrogen (secondary N) is 4. The minimum Gasteiger partial charge on any atom is -0.598 e. The molecular weight excluding hydrogens is 410 g/mol. The van der Waals surface area contributed by atoms with Crippen molar-refractivity contribution in [2.75, 3.05) is 32.9 Å². The van der Waals surface area contributed by atoms with Gasteiger partial charge in [-0.05, 0) is 100 Å². The Kier molecular flexibility index (Phi) is 6.79. The van der Waals surface area contributed by atoms with E-state index in [1.807, 2.05) is 0 Å². The van der Waals surface area contributed by atoms with Gasteiger partial charge in [0.2, 0.25) is 0 Å². The Bertz CT molecular complexity index is 660. The lowest BCUT2D eigenvalue weighted by molar-refractivity contribution is 0.0495. The molecule has 5 aliphatic rings. The van der Waals surface area contributed by atoms with Gasteiger partial charge in [-0.3, -0.25) is 10.9 Å². The number of sulfonamides is 1. The Hall–Kier alpha value is -0.0900. The standard InChI is InChI=1S/C23H43N5O2S/c1-28(31(2,29)30)18-8-5-15(6-9-18)23-22-19-12-16(17-4-3-11-24-13-17)7-10-20(19)25-14-21(22)26-27-23/h15-27H,3-14H2,1-2H3. The van der Waals surface area contributed by atoms with Gasteiger partial charge in [0, 0.05) is 31.7 Å². The minimum atomic E-state index is -3.10. The van der Waals surface area contributed by atoms with Crippen LogP contribution in [0.4, 0.5) is 0 Å². The summed E-state index contributed by atoms with van der Waals surface area (Å²) >= 11 is 0. The first-order valence-electron chi connectivity index (χ1n) is 12.8. The molecule has 4 N–H and O–H groups in total. The van der Waals surface area contributed by atoms with Crippen molar-refractivity contribution in [3.8, 4) is 0 Å². The largest absolute Gasteiger partial charge is 0.598 e. The molecule has 178 valence electrons. The lowest BCUT2D eigenvalue weighted by Crippen LogP contribution is -2.59. The second kappa shape index (κ2) is 9.28. The van der Waals surface area contributed by atoms with E-state index in [-0.39, 0.29) is 6.04 Å². The maximum atomic E-state index is 12.0. The van der Waals surface area contributed by atoms with Gasteiger partial charge in [-0.1, -0.05) is 4.21 Å². The molecule has 0 bridgehead atoms. The van der Waals surface area contributed by atoms with E-state index < -0.39 is 10.4 Å². The zero-order chi connectivity index (χ0) is 21.6. The Morgan fingerprint density at radius 2 is 1.68 bits per heavy atom. The fourth-order valence-electron chi connectivity index (χ4n) is 7.83. The number of rotatable bonds is 4. The molecule has 8 atom stereocenters. The maximum absolute atomic E-state index is 12.0. The van der Waals surface area contributed by atoms with E-state index in [9.17, 15) is 8.76 Å². The van der Waals surface area contributed by atoms with Gasteiger partial charge in [0.15, 0.2) is 0 Å². The van der Waals surface area contributed by atoms with Crippen LogP contribution in [0.15, 0.2) is 0 Å². The Morgan fingerprint density at radius 1 is 0.903 bits per heavy atom.